The number of carboxylic acids is 1. The number of carbonyl (C=O) groups is 1. The van der Waals surface area contributed by atoms with E-state index < -0.39 is 5.97 Å². The Bertz CT molecular complexity index is 1210. The van der Waals surface area contributed by atoms with Crippen molar-refractivity contribution in [3.05, 3.63) is 95.3 Å². The van der Waals surface area contributed by atoms with E-state index in [1.54, 1.807) is 0 Å². The summed E-state index contributed by atoms with van der Waals surface area (Å²) in [6.45, 7) is 0.606. The molecule has 30 heavy (non-hydrogen) atoms. The van der Waals surface area contributed by atoms with Crippen LogP contribution in [0.2, 0.25) is 0 Å². The molecule has 4 aromatic rings. The van der Waals surface area contributed by atoms with Crippen LogP contribution in [0, 0.1) is 0 Å². The number of benzene rings is 3. The number of rotatable bonds is 4. The number of aromatic carboxylic acids is 1. The molecule has 0 bridgehead atoms. The second kappa shape index (κ2) is 7.80. The van der Waals surface area contributed by atoms with Gasteiger partial charge in [-0.25, -0.2) is 14.8 Å². The van der Waals surface area contributed by atoms with Crippen molar-refractivity contribution in [3.8, 4) is 0 Å². The Labute approximate surface area is 178 Å². The van der Waals surface area contributed by atoms with E-state index in [4.69, 9.17) is 0 Å². The highest BCUT2D eigenvalue weighted by Gasteiger charge is 2.24. The Balaban J connectivity index is 1.57. The van der Waals surface area contributed by atoms with Gasteiger partial charge in [0.15, 0.2) is 0 Å². The Hall–Kier alpha value is -3.38. The molecular weight excluding hydrogens is 394 g/mol. The van der Waals surface area contributed by atoms with E-state index in [1.807, 2.05) is 36.0 Å². The molecule has 0 saturated carbocycles. The number of fused-ring (bicyclic) bond motifs is 3. The van der Waals surface area contributed by atoms with Crippen LogP contribution in [0.15, 0.2) is 77.7 Å². The first-order chi connectivity index (χ1) is 14.7. The summed E-state index contributed by atoms with van der Waals surface area (Å²) < 4.78 is 0. The topological polar surface area (TPSA) is 75.1 Å². The van der Waals surface area contributed by atoms with Crippen LogP contribution < -0.4 is 5.32 Å². The number of hydrogen-bond donors (Lipinski definition) is 2. The van der Waals surface area contributed by atoms with Crippen LogP contribution in [0.4, 0.5) is 5.82 Å². The molecule has 148 valence electrons. The summed E-state index contributed by atoms with van der Waals surface area (Å²) in [6.07, 6.45) is 0. The monoisotopic (exact) mass is 413 g/mol. The highest BCUT2D eigenvalue weighted by molar-refractivity contribution is 7.98. The van der Waals surface area contributed by atoms with Gasteiger partial charge in [0.1, 0.15) is 5.82 Å². The van der Waals surface area contributed by atoms with Gasteiger partial charge >= 0.3 is 5.97 Å². The maximum absolute atomic E-state index is 11.5. The molecule has 1 aliphatic rings. The molecule has 3 aromatic carbocycles. The van der Waals surface area contributed by atoms with Crippen LogP contribution >= 0.6 is 11.8 Å². The van der Waals surface area contributed by atoms with Gasteiger partial charge in [-0.3, -0.25) is 0 Å². The summed E-state index contributed by atoms with van der Waals surface area (Å²) in [6, 6.07) is 24.5. The van der Waals surface area contributed by atoms with Crippen molar-refractivity contribution in [3.63, 3.8) is 0 Å². The third-order valence-electron chi connectivity index (χ3n) is 5.38. The molecule has 0 amide bonds. The molecule has 2 N–H and O–H groups in total. The van der Waals surface area contributed by atoms with E-state index in [9.17, 15) is 9.90 Å². The first-order valence-corrected chi connectivity index (χ1v) is 10.7. The van der Waals surface area contributed by atoms with Crippen molar-refractivity contribution in [1.29, 1.82) is 0 Å². The molecule has 1 aromatic heterocycles. The second-order valence-corrected chi connectivity index (χ2v) is 8.19. The maximum atomic E-state index is 11.5. The van der Waals surface area contributed by atoms with Gasteiger partial charge in [0.2, 0.25) is 5.82 Å². The smallest absolute Gasteiger partial charge is 0.374 e. The predicted octanol–water partition coefficient (Wildman–Crippen LogP) is 5.18. The number of carboxylic acid groups (broad SMARTS) is 1. The summed E-state index contributed by atoms with van der Waals surface area (Å²) in [5.41, 5.74) is 4.50. The van der Waals surface area contributed by atoms with Gasteiger partial charge in [-0.15, -0.1) is 11.8 Å². The van der Waals surface area contributed by atoms with Gasteiger partial charge in [0.25, 0.3) is 0 Å². The van der Waals surface area contributed by atoms with Crippen molar-refractivity contribution in [2.75, 3.05) is 11.9 Å². The molecule has 1 aliphatic heterocycles. The molecule has 5 nitrogen and oxygen atoms in total. The van der Waals surface area contributed by atoms with Crippen molar-refractivity contribution in [1.82, 2.24) is 9.97 Å². The van der Waals surface area contributed by atoms with E-state index in [0.29, 0.717) is 17.9 Å². The number of nitrogens with zero attached hydrogens (tertiary/aromatic N) is 2. The van der Waals surface area contributed by atoms with Gasteiger partial charge in [-0.2, -0.15) is 0 Å². The maximum Gasteiger partial charge on any atom is 0.374 e. The molecule has 6 heteroatoms. The van der Waals surface area contributed by atoms with Crippen LogP contribution in [0.5, 0.6) is 0 Å². The molecule has 0 saturated heterocycles. The Kier molecular flexibility index (Phi) is 4.85. The van der Waals surface area contributed by atoms with Crippen LogP contribution in [0.25, 0.3) is 10.9 Å². The van der Waals surface area contributed by atoms with Crippen LogP contribution in [-0.4, -0.2) is 27.6 Å². The van der Waals surface area contributed by atoms with Crippen molar-refractivity contribution < 1.29 is 9.90 Å². The highest BCUT2D eigenvalue weighted by Crippen LogP contribution is 2.40. The van der Waals surface area contributed by atoms with Gasteiger partial charge in [-0.1, -0.05) is 54.6 Å². The lowest BCUT2D eigenvalue weighted by molar-refractivity contribution is 0.0684. The minimum absolute atomic E-state index is 0.134. The lowest BCUT2D eigenvalue weighted by atomic mass is 9.88. The number of aromatic nitrogens is 2. The highest BCUT2D eigenvalue weighted by atomic mass is 32.2. The third kappa shape index (κ3) is 3.39. The predicted molar refractivity (Wildman–Crippen MR) is 119 cm³/mol. The van der Waals surface area contributed by atoms with E-state index >= 15 is 0 Å². The fraction of sp³-hybridized carbons (Fsp3) is 0.125. The zero-order chi connectivity index (χ0) is 20.5. The second-order valence-electron chi connectivity index (χ2n) is 7.18. The van der Waals surface area contributed by atoms with Crippen molar-refractivity contribution >= 4 is 34.5 Å². The quantitative estimate of drug-likeness (QED) is 0.480. The lowest BCUT2D eigenvalue weighted by Crippen LogP contribution is -2.17. The molecule has 0 unspecified atom stereocenters. The molecule has 1 atom stereocenters. The number of nitrogens with one attached hydrogen (secondary N) is 1. The molecule has 0 aliphatic carbocycles. The van der Waals surface area contributed by atoms with Gasteiger partial charge in [-0.05, 0) is 34.9 Å². The van der Waals surface area contributed by atoms with E-state index in [1.165, 1.54) is 21.6 Å². The van der Waals surface area contributed by atoms with Crippen LogP contribution in [0.1, 0.15) is 33.2 Å². The first kappa shape index (κ1) is 18.6. The summed E-state index contributed by atoms with van der Waals surface area (Å²) in [5.74, 6) is 0.279. The molecule has 5 rings (SSSR count). The molecule has 0 spiro atoms. The number of thioether (sulfide) groups is 1. The average Bonchev–Trinajstić information content (AvgIpc) is 2.94. The fourth-order valence-corrected chi connectivity index (χ4v) is 5.08. The van der Waals surface area contributed by atoms with Crippen molar-refractivity contribution in [2.45, 2.75) is 16.6 Å². The normalized spacial score (nSPS) is 15.1. The van der Waals surface area contributed by atoms with Crippen LogP contribution in [-0.2, 0) is 5.75 Å². The van der Waals surface area contributed by atoms with Crippen molar-refractivity contribution in [2.24, 2.45) is 0 Å². The zero-order valence-electron chi connectivity index (χ0n) is 16.1. The third-order valence-corrected chi connectivity index (χ3v) is 6.51. The number of hydrogen-bond acceptors (Lipinski definition) is 5. The standard InChI is InChI=1S/C24H19N3O2S/c28-24(29)23-26-20-11-5-3-10-18(20)22(27-23)25-13-19-16-8-2-1-7-15(16)14-30-21-12-6-4-9-17(19)21/h1-12,19H,13-14H2,(H,28,29)(H,25,26,27)/t19-/m1/s1. The molecule has 2 heterocycles. The Morgan fingerprint density at radius 1 is 0.967 bits per heavy atom. The molecule has 0 fully saturated rings. The number of anilines is 1. The van der Waals surface area contributed by atoms with E-state index in [2.05, 4.69) is 63.8 Å². The first-order valence-electron chi connectivity index (χ1n) is 9.74. The van der Waals surface area contributed by atoms with Gasteiger partial charge in [0.05, 0.1) is 5.52 Å². The average molecular weight is 414 g/mol. The lowest BCUT2D eigenvalue weighted by Gasteiger charge is -2.21. The van der Waals surface area contributed by atoms with E-state index in [-0.39, 0.29) is 11.7 Å². The fourth-order valence-electron chi connectivity index (χ4n) is 3.95. The largest absolute Gasteiger partial charge is 0.475 e. The minimum Gasteiger partial charge on any atom is -0.475 e. The summed E-state index contributed by atoms with van der Waals surface area (Å²) in [4.78, 5) is 21.3. The molecule has 0 radical (unpaired) electrons. The summed E-state index contributed by atoms with van der Waals surface area (Å²) >= 11 is 1.86. The minimum atomic E-state index is -1.13. The van der Waals surface area contributed by atoms with E-state index in [0.717, 1.165) is 11.1 Å². The summed E-state index contributed by atoms with van der Waals surface area (Å²) in [5, 5.41) is 13.7. The Morgan fingerprint density at radius 2 is 1.70 bits per heavy atom. The summed E-state index contributed by atoms with van der Waals surface area (Å²) in [7, 11) is 0. The van der Waals surface area contributed by atoms with Gasteiger partial charge < -0.3 is 10.4 Å². The SMILES string of the molecule is O=C(O)c1nc(NC[C@@H]2c3ccccc3CSc3ccccc32)c2ccccc2n1. The zero-order valence-corrected chi connectivity index (χ0v) is 16.9. The van der Waals surface area contributed by atoms with Crippen LogP contribution in [0.3, 0.4) is 0 Å². The number of para-hydroxylation sites is 1. The van der Waals surface area contributed by atoms with Gasteiger partial charge in [0, 0.05) is 28.5 Å². The Morgan fingerprint density at radius 3 is 2.57 bits per heavy atom. The molecular formula is C24H19N3O2S.